The minimum atomic E-state index is -1.10. The third kappa shape index (κ3) is 4.13. The van der Waals surface area contributed by atoms with Crippen LogP contribution in [-0.2, 0) is 14.9 Å². The molecule has 1 aromatic rings. The van der Waals surface area contributed by atoms with Gasteiger partial charge >= 0.3 is 5.97 Å². The van der Waals surface area contributed by atoms with E-state index in [1.54, 1.807) is 6.92 Å². The van der Waals surface area contributed by atoms with Gasteiger partial charge in [0.2, 0.25) is 5.82 Å². The van der Waals surface area contributed by atoms with Crippen LogP contribution in [0.4, 0.5) is 8.78 Å². The molecule has 1 saturated carbocycles. The van der Waals surface area contributed by atoms with Crippen LogP contribution in [-0.4, -0.2) is 18.7 Å². The molecular weight excluding hydrogens is 326 g/mol. The van der Waals surface area contributed by atoms with Crippen LogP contribution in [0.25, 0.3) is 0 Å². The first-order valence-electron chi connectivity index (χ1n) is 9.28. The average molecular weight is 354 g/mol. The molecule has 0 amide bonds. The largest absolute Gasteiger partial charge is 0.491 e. The van der Waals surface area contributed by atoms with Crippen molar-refractivity contribution in [2.24, 2.45) is 0 Å². The number of rotatable bonds is 7. The smallest absolute Gasteiger partial charge is 0.316 e. The van der Waals surface area contributed by atoms with Crippen LogP contribution in [0, 0.1) is 11.6 Å². The predicted molar refractivity (Wildman–Crippen MR) is 92.8 cm³/mol. The minimum Gasteiger partial charge on any atom is -0.491 e. The molecule has 3 nitrogen and oxygen atoms in total. The van der Waals surface area contributed by atoms with Gasteiger partial charge in [0.25, 0.3) is 0 Å². The van der Waals surface area contributed by atoms with E-state index in [9.17, 15) is 13.6 Å². The van der Waals surface area contributed by atoms with Gasteiger partial charge < -0.3 is 9.47 Å². The number of halogens is 2. The summed E-state index contributed by atoms with van der Waals surface area (Å²) in [5.41, 5.74) is -1.00. The number of hydrogen-bond acceptors (Lipinski definition) is 3. The summed E-state index contributed by atoms with van der Waals surface area (Å²) in [7, 11) is 0. The van der Waals surface area contributed by atoms with Gasteiger partial charge in [0.1, 0.15) is 0 Å². The zero-order valence-corrected chi connectivity index (χ0v) is 15.4. The van der Waals surface area contributed by atoms with Gasteiger partial charge in [-0.25, -0.2) is 4.39 Å². The van der Waals surface area contributed by atoms with Gasteiger partial charge in [0.15, 0.2) is 11.6 Å². The second-order valence-corrected chi connectivity index (χ2v) is 6.82. The highest BCUT2D eigenvalue weighted by Crippen LogP contribution is 2.43. The summed E-state index contributed by atoms with van der Waals surface area (Å²) >= 11 is 0. The molecule has 0 N–H and O–H groups in total. The molecule has 1 aromatic carbocycles. The minimum absolute atomic E-state index is 0.0989. The van der Waals surface area contributed by atoms with Crippen molar-refractivity contribution in [2.45, 2.75) is 77.2 Å². The lowest BCUT2D eigenvalue weighted by Gasteiger charge is -2.36. The molecule has 25 heavy (non-hydrogen) atoms. The van der Waals surface area contributed by atoms with Crippen molar-refractivity contribution < 1.29 is 23.0 Å². The monoisotopic (exact) mass is 354 g/mol. The van der Waals surface area contributed by atoms with Gasteiger partial charge in [-0.1, -0.05) is 38.7 Å². The van der Waals surface area contributed by atoms with E-state index in [0.717, 1.165) is 32.1 Å². The fourth-order valence-corrected chi connectivity index (χ4v) is 3.67. The number of benzene rings is 1. The maximum atomic E-state index is 14.8. The van der Waals surface area contributed by atoms with Gasteiger partial charge in [-0.15, -0.1) is 0 Å². The molecule has 0 bridgehead atoms. The molecule has 0 saturated heterocycles. The molecule has 1 unspecified atom stereocenters. The Morgan fingerprint density at radius 3 is 2.44 bits per heavy atom. The number of carbonyl (C=O) groups is 1. The lowest BCUT2D eigenvalue weighted by molar-refractivity contribution is -0.157. The van der Waals surface area contributed by atoms with Crippen LogP contribution in [0.3, 0.4) is 0 Å². The third-order valence-electron chi connectivity index (χ3n) is 4.96. The molecule has 0 spiro atoms. The average Bonchev–Trinajstić information content (AvgIpc) is 2.60. The molecule has 0 aromatic heterocycles. The van der Waals surface area contributed by atoms with Crippen molar-refractivity contribution in [3.8, 4) is 5.75 Å². The highest BCUT2D eigenvalue weighted by atomic mass is 19.2. The van der Waals surface area contributed by atoms with Crippen LogP contribution in [0.5, 0.6) is 5.75 Å². The quantitative estimate of drug-likeness (QED) is 0.624. The zero-order chi connectivity index (χ0) is 18.4. The molecular formula is C20H28F2O3. The Hall–Kier alpha value is -1.65. The van der Waals surface area contributed by atoms with Crippen LogP contribution in [0.2, 0.25) is 0 Å². The lowest BCUT2D eigenvalue weighted by atomic mass is 9.69. The van der Waals surface area contributed by atoms with E-state index in [0.29, 0.717) is 12.8 Å². The molecule has 1 aliphatic carbocycles. The van der Waals surface area contributed by atoms with Crippen LogP contribution in [0.15, 0.2) is 12.1 Å². The van der Waals surface area contributed by atoms with E-state index >= 15 is 0 Å². The van der Waals surface area contributed by atoms with E-state index < -0.39 is 23.0 Å². The summed E-state index contributed by atoms with van der Waals surface area (Å²) in [6.45, 7) is 5.81. The normalized spacial score (nSPS) is 17.8. The highest BCUT2D eigenvalue weighted by Gasteiger charge is 2.45. The van der Waals surface area contributed by atoms with Crippen molar-refractivity contribution in [1.29, 1.82) is 0 Å². The maximum Gasteiger partial charge on any atom is 0.316 e. The Kier molecular flexibility index (Phi) is 6.79. The molecule has 0 aliphatic heterocycles. The van der Waals surface area contributed by atoms with Crippen LogP contribution >= 0.6 is 0 Å². The molecule has 1 aliphatic rings. The van der Waals surface area contributed by atoms with Gasteiger partial charge in [0.05, 0.1) is 18.1 Å². The first kappa shape index (κ1) is 19.7. The number of carbonyl (C=O) groups excluding carboxylic acids is 1. The van der Waals surface area contributed by atoms with E-state index in [-0.39, 0.29) is 24.0 Å². The van der Waals surface area contributed by atoms with Crippen LogP contribution < -0.4 is 4.74 Å². The van der Waals surface area contributed by atoms with E-state index in [1.807, 2.05) is 13.8 Å². The van der Waals surface area contributed by atoms with Crippen LogP contribution in [0.1, 0.15) is 71.3 Å². The number of hydrogen-bond donors (Lipinski definition) is 0. The first-order chi connectivity index (χ1) is 12.0. The zero-order valence-electron chi connectivity index (χ0n) is 15.4. The molecule has 0 radical (unpaired) electrons. The molecule has 2 rings (SSSR count). The summed E-state index contributed by atoms with van der Waals surface area (Å²) in [4.78, 5) is 12.9. The van der Waals surface area contributed by atoms with Crippen molar-refractivity contribution in [3.05, 3.63) is 29.3 Å². The van der Waals surface area contributed by atoms with Crippen molar-refractivity contribution in [1.82, 2.24) is 0 Å². The summed E-state index contributed by atoms with van der Waals surface area (Å²) in [6.07, 6.45) is 4.96. The standard InChI is InChI=1S/C20H28F2O3/c1-4-9-14(3)25-19(23)20(12-7-6-8-13-20)15-10-11-16(24-5-2)18(22)17(15)21/h10-11,14H,4-9,12-13H2,1-3H3. The summed E-state index contributed by atoms with van der Waals surface area (Å²) in [5, 5.41) is 0. The predicted octanol–water partition coefficient (Wildman–Crippen LogP) is 5.30. The first-order valence-corrected chi connectivity index (χ1v) is 9.28. The topological polar surface area (TPSA) is 35.5 Å². The summed E-state index contributed by atoms with van der Waals surface area (Å²) < 4.78 is 39.9. The van der Waals surface area contributed by atoms with Gasteiger partial charge in [-0.05, 0) is 39.2 Å². The Bertz CT molecular complexity index is 595. The summed E-state index contributed by atoms with van der Waals surface area (Å²) in [6, 6.07) is 2.90. The summed E-state index contributed by atoms with van der Waals surface area (Å²) in [5.74, 6) is -2.58. The van der Waals surface area contributed by atoms with E-state index in [4.69, 9.17) is 9.47 Å². The maximum absolute atomic E-state index is 14.8. The molecule has 0 heterocycles. The SMILES string of the molecule is CCCC(C)OC(=O)C1(c2ccc(OCC)c(F)c2F)CCCCC1. The number of ether oxygens (including phenoxy) is 2. The fourth-order valence-electron chi connectivity index (χ4n) is 3.67. The number of esters is 1. The van der Waals surface area contributed by atoms with Crippen molar-refractivity contribution >= 4 is 5.97 Å². The molecule has 5 heteroatoms. The molecule has 1 atom stereocenters. The Morgan fingerprint density at radius 2 is 1.84 bits per heavy atom. The van der Waals surface area contributed by atoms with Gasteiger partial charge in [0, 0.05) is 5.56 Å². The Labute approximate surface area is 148 Å². The molecule has 140 valence electrons. The van der Waals surface area contributed by atoms with Crippen molar-refractivity contribution in [2.75, 3.05) is 6.61 Å². The van der Waals surface area contributed by atoms with Gasteiger partial charge in [-0.3, -0.25) is 4.79 Å². The fraction of sp³-hybridized carbons (Fsp3) is 0.650. The molecule has 1 fully saturated rings. The third-order valence-corrected chi connectivity index (χ3v) is 4.96. The second-order valence-electron chi connectivity index (χ2n) is 6.82. The van der Waals surface area contributed by atoms with E-state index in [2.05, 4.69) is 0 Å². The lowest BCUT2D eigenvalue weighted by Crippen LogP contribution is -2.41. The highest BCUT2D eigenvalue weighted by molar-refractivity contribution is 5.83. The van der Waals surface area contributed by atoms with Crippen molar-refractivity contribution in [3.63, 3.8) is 0 Å². The van der Waals surface area contributed by atoms with E-state index in [1.165, 1.54) is 12.1 Å². The van der Waals surface area contributed by atoms with Gasteiger partial charge in [-0.2, -0.15) is 4.39 Å². The Morgan fingerprint density at radius 1 is 1.16 bits per heavy atom. The Balaban J connectivity index is 2.40. The second kappa shape index (κ2) is 8.63.